The van der Waals surface area contributed by atoms with Gasteiger partial charge in [-0.15, -0.1) is 0 Å². The number of hydrogen-bond acceptors (Lipinski definition) is 4. The fourth-order valence-electron chi connectivity index (χ4n) is 5.16. The van der Waals surface area contributed by atoms with Crippen LogP contribution < -0.4 is 5.32 Å². The van der Waals surface area contributed by atoms with Crippen molar-refractivity contribution in [2.75, 3.05) is 12.0 Å². The molecule has 7 heteroatoms. The molecule has 0 aliphatic rings. The zero-order chi connectivity index (χ0) is 27.4. The van der Waals surface area contributed by atoms with Gasteiger partial charge in [0, 0.05) is 41.3 Å². The second-order valence-corrected chi connectivity index (χ2v) is 10.1. The molecule has 2 heterocycles. The van der Waals surface area contributed by atoms with Crippen molar-refractivity contribution in [3.63, 3.8) is 0 Å². The summed E-state index contributed by atoms with van der Waals surface area (Å²) in [5, 5.41) is 14.8. The number of anilines is 1. The summed E-state index contributed by atoms with van der Waals surface area (Å²) >= 11 is 5.35. The Morgan fingerprint density at radius 2 is 1.85 bits per heavy atom. The number of aromatic nitrogens is 3. The highest BCUT2D eigenvalue weighted by Gasteiger charge is 2.15. The Morgan fingerprint density at radius 1 is 1.05 bits per heavy atom. The van der Waals surface area contributed by atoms with Crippen LogP contribution in [-0.4, -0.2) is 26.0 Å². The minimum atomic E-state index is 0.367. The molecule has 0 unspecified atom stereocenters. The van der Waals surface area contributed by atoms with Gasteiger partial charge in [0.25, 0.3) is 0 Å². The fourth-order valence-corrected chi connectivity index (χ4v) is 5.39. The number of ether oxygens (including phenoxy) is 1. The zero-order valence-corrected chi connectivity index (χ0v) is 23.4. The Kier molecular flexibility index (Phi) is 8.00. The average molecular weight is 539 g/mol. The molecule has 0 aliphatic carbocycles. The number of aryl methyl sites for hydroxylation is 3. The molecule has 39 heavy (non-hydrogen) atoms. The summed E-state index contributed by atoms with van der Waals surface area (Å²) in [5.41, 5.74) is 8.60. The minimum Gasteiger partial charge on any atom is -0.507 e. The van der Waals surface area contributed by atoms with Crippen molar-refractivity contribution in [3.8, 4) is 11.4 Å². The van der Waals surface area contributed by atoms with E-state index < -0.39 is 0 Å². The highest BCUT2D eigenvalue weighted by Crippen LogP contribution is 2.28. The van der Waals surface area contributed by atoms with Crippen molar-refractivity contribution in [1.29, 1.82) is 0 Å². The maximum atomic E-state index is 10.1. The standard InChI is InChI=1S/C32H34N4O2S/c1-4-27-28-12-5-6-13-30(28)36(29(27)14-7-9-24-17-22(2)31(37)23(3)18-24)21-38-20-34-25-10-8-11-26(19-25)35-16-15-33-32(35)39/h5-13,15-19,34,37H,4,14,20-21H2,1-3H3,(H,33,39)/b9-7-. The van der Waals surface area contributed by atoms with Gasteiger partial charge >= 0.3 is 0 Å². The van der Waals surface area contributed by atoms with Gasteiger partial charge in [-0.2, -0.15) is 0 Å². The Hall–Kier alpha value is -4.07. The van der Waals surface area contributed by atoms with E-state index in [1.165, 1.54) is 22.2 Å². The van der Waals surface area contributed by atoms with E-state index in [0.717, 1.165) is 40.9 Å². The van der Waals surface area contributed by atoms with Gasteiger partial charge in [-0.05, 0) is 91.1 Å². The van der Waals surface area contributed by atoms with Gasteiger partial charge in [0.1, 0.15) is 19.2 Å². The Labute approximate surface area is 234 Å². The van der Waals surface area contributed by atoms with E-state index in [1.807, 2.05) is 61.1 Å². The molecule has 5 rings (SSSR count). The number of rotatable bonds is 10. The number of nitrogens with zero attached hydrogens (tertiary/aromatic N) is 2. The van der Waals surface area contributed by atoms with Crippen molar-refractivity contribution < 1.29 is 9.84 Å². The van der Waals surface area contributed by atoms with E-state index in [2.05, 4.69) is 64.3 Å². The van der Waals surface area contributed by atoms with Gasteiger partial charge in [-0.1, -0.05) is 43.3 Å². The normalized spacial score (nSPS) is 11.6. The molecule has 0 aliphatic heterocycles. The predicted molar refractivity (Wildman–Crippen MR) is 162 cm³/mol. The Balaban J connectivity index is 1.32. The van der Waals surface area contributed by atoms with Crippen molar-refractivity contribution >= 4 is 34.9 Å². The summed E-state index contributed by atoms with van der Waals surface area (Å²) in [6.07, 6.45) is 9.81. The molecule has 0 amide bonds. The number of imidazole rings is 1. The van der Waals surface area contributed by atoms with E-state index in [9.17, 15) is 5.11 Å². The minimum absolute atomic E-state index is 0.367. The van der Waals surface area contributed by atoms with Crippen molar-refractivity contribution in [1.82, 2.24) is 14.1 Å². The lowest BCUT2D eigenvalue weighted by molar-refractivity contribution is 0.0932. The molecule has 5 aromatic rings. The Morgan fingerprint density at radius 3 is 2.59 bits per heavy atom. The van der Waals surface area contributed by atoms with Crippen LogP contribution in [0.2, 0.25) is 0 Å². The van der Waals surface area contributed by atoms with Crippen LogP contribution in [0.25, 0.3) is 22.7 Å². The SMILES string of the molecule is CCc1c(C/C=C\c2cc(C)c(O)c(C)c2)n(COCNc2cccc(-n3cc[nH]c3=S)c2)c2ccccc12. The molecule has 0 radical (unpaired) electrons. The molecular formula is C32H34N4O2S. The highest BCUT2D eigenvalue weighted by atomic mass is 32.1. The lowest BCUT2D eigenvalue weighted by atomic mass is 10.0. The van der Waals surface area contributed by atoms with Crippen LogP contribution in [0.3, 0.4) is 0 Å². The average Bonchev–Trinajstić information content (AvgIpc) is 3.50. The quantitative estimate of drug-likeness (QED) is 0.0969. The van der Waals surface area contributed by atoms with Crippen LogP contribution in [0, 0.1) is 18.6 Å². The number of nitrogens with one attached hydrogen (secondary N) is 2. The van der Waals surface area contributed by atoms with Crippen molar-refractivity contribution in [2.24, 2.45) is 0 Å². The van der Waals surface area contributed by atoms with Crippen LogP contribution >= 0.6 is 12.2 Å². The first-order valence-corrected chi connectivity index (χ1v) is 13.6. The van der Waals surface area contributed by atoms with Gasteiger partial charge < -0.3 is 24.7 Å². The largest absolute Gasteiger partial charge is 0.507 e. The van der Waals surface area contributed by atoms with Crippen molar-refractivity contribution in [2.45, 2.75) is 40.3 Å². The third-order valence-electron chi connectivity index (χ3n) is 7.05. The summed E-state index contributed by atoms with van der Waals surface area (Å²) in [4.78, 5) is 3.03. The molecule has 6 nitrogen and oxygen atoms in total. The number of para-hydroxylation sites is 1. The van der Waals surface area contributed by atoms with E-state index in [1.54, 1.807) is 0 Å². The van der Waals surface area contributed by atoms with Gasteiger partial charge in [-0.25, -0.2) is 0 Å². The molecule has 0 spiro atoms. The summed E-state index contributed by atoms with van der Waals surface area (Å²) in [6, 6.07) is 20.7. The molecule has 3 aromatic carbocycles. The Bertz CT molecular complexity index is 1670. The summed E-state index contributed by atoms with van der Waals surface area (Å²) in [7, 11) is 0. The number of aromatic hydroxyl groups is 1. The smallest absolute Gasteiger partial charge is 0.181 e. The first-order chi connectivity index (χ1) is 19.0. The summed E-state index contributed by atoms with van der Waals surface area (Å²) < 4.78 is 11.0. The molecule has 0 atom stereocenters. The first kappa shape index (κ1) is 26.5. The summed E-state index contributed by atoms with van der Waals surface area (Å²) in [6.45, 7) is 6.89. The van der Waals surface area contributed by atoms with Gasteiger partial charge in [0.2, 0.25) is 0 Å². The topological polar surface area (TPSA) is 67.1 Å². The van der Waals surface area contributed by atoms with Crippen LogP contribution in [0.4, 0.5) is 5.69 Å². The summed E-state index contributed by atoms with van der Waals surface area (Å²) in [5.74, 6) is 0.367. The predicted octanol–water partition coefficient (Wildman–Crippen LogP) is 7.67. The maximum absolute atomic E-state index is 10.1. The number of fused-ring (bicyclic) bond motifs is 1. The number of H-pyrrole nitrogens is 1. The number of allylic oxidation sites excluding steroid dienone is 1. The third-order valence-corrected chi connectivity index (χ3v) is 7.37. The molecule has 0 saturated heterocycles. The molecule has 0 fully saturated rings. The molecule has 0 bridgehead atoms. The van der Waals surface area contributed by atoms with E-state index in [4.69, 9.17) is 17.0 Å². The zero-order valence-electron chi connectivity index (χ0n) is 22.6. The van der Waals surface area contributed by atoms with Gasteiger partial charge in [-0.3, -0.25) is 4.57 Å². The second kappa shape index (κ2) is 11.8. The first-order valence-electron chi connectivity index (χ1n) is 13.2. The number of phenols is 1. The third kappa shape index (κ3) is 5.70. The van der Waals surface area contributed by atoms with E-state index >= 15 is 0 Å². The monoisotopic (exact) mass is 538 g/mol. The number of phenolic OH excluding ortho intramolecular Hbond substituents is 1. The lowest BCUT2D eigenvalue weighted by Crippen LogP contribution is -2.12. The van der Waals surface area contributed by atoms with Gasteiger partial charge in [0.05, 0.1) is 5.52 Å². The highest BCUT2D eigenvalue weighted by molar-refractivity contribution is 7.71. The molecule has 0 saturated carbocycles. The van der Waals surface area contributed by atoms with Crippen LogP contribution in [0.1, 0.15) is 34.9 Å². The molecule has 2 aromatic heterocycles. The van der Waals surface area contributed by atoms with Crippen LogP contribution in [0.5, 0.6) is 5.75 Å². The van der Waals surface area contributed by atoms with Crippen LogP contribution in [-0.2, 0) is 24.3 Å². The number of hydrogen-bond donors (Lipinski definition) is 3. The van der Waals surface area contributed by atoms with E-state index in [0.29, 0.717) is 24.0 Å². The maximum Gasteiger partial charge on any atom is 0.181 e. The number of aromatic amines is 1. The van der Waals surface area contributed by atoms with Gasteiger partial charge in [0.15, 0.2) is 4.77 Å². The number of benzene rings is 3. The van der Waals surface area contributed by atoms with E-state index in [-0.39, 0.29) is 0 Å². The molecule has 3 N–H and O–H groups in total. The lowest BCUT2D eigenvalue weighted by Gasteiger charge is -2.13. The fraction of sp³-hybridized carbons (Fsp3) is 0.219. The van der Waals surface area contributed by atoms with Crippen molar-refractivity contribution in [3.05, 3.63) is 112 Å². The second-order valence-electron chi connectivity index (χ2n) is 9.67. The van der Waals surface area contributed by atoms with Crippen LogP contribution in [0.15, 0.2) is 79.1 Å². The molecular weight excluding hydrogens is 504 g/mol. The molecule has 200 valence electrons.